The Morgan fingerprint density at radius 3 is 2.39 bits per heavy atom. The lowest BCUT2D eigenvalue weighted by atomic mass is 9.95. The van der Waals surface area contributed by atoms with Crippen molar-refractivity contribution in [1.29, 1.82) is 0 Å². The highest BCUT2D eigenvalue weighted by Crippen LogP contribution is 2.38. The highest BCUT2D eigenvalue weighted by molar-refractivity contribution is 14.1. The molecule has 44 heavy (non-hydrogen) atoms. The average Bonchev–Trinajstić information content (AvgIpc) is 3.27. The van der Waals surface area contributed by atoms with E-state index in [9.17, 15) is 27.2 Å². The van der Waals surface area contributed by atoms with Crippen LogP contribution in [-0.2, 0) is 16.1 Å². The number of allylic oxidation sites excluding steroid dienone is 1. The largest absolute Gasteiger partial charge is 0.487 e. The van der Waals surface area contributed by atoms with Crippen LogP contribution in [0.15, 0.2) is 81.7 Å². The molecule has 0 bridgehead atoms. The molecule has 14 heteroatoms. The zero-order valence-electron chi connectivity index (χ0n) is 22.4. The number of hydrogen-bond acceptors (Lipinski definition) is 6. The molecule has 228 valence electrons. The summed E-state index contributed by atoms with van der Waals surface area (Å²) in [5.74, 6) is -1.10. The Morgan fingerprint density at radius 1 is 1.11 bits per heavy atom. The van der Waals surface area contributed by atoms with E-state index < -0.39 is 35.0 Å². The van der Waals surface area contributed by atoms with E-state index in [-0.39, 0.29) is 33.9 Å². The molecular weight excluding hydrogens is 850 g/mol. The first-order chi connectivity index (χ1) is 20.9. The molecule has 0 amide bonds. The van der Waals surface area contributed by atoms with Gasteiger partial charge in [-0.1, -0.05) is 53.3 Å². The minimum atomic E-state index is -5.01. The summed E-state index contributed by atoms with van der Waals surface area (Å²) in [5, 5.41) is 0.324. The SMILES string of the molecule is CCOC(=O)C1=C(C(F)(F)F)N=c2s/c(=C\c3cc(I)c(OCc4ccccc4F)c(I)c3)c(=O)n2[C@H]1c1ccc(Cl)cc1. The first-order valence-corrected chi connectivity index (χ1v) is 16.1. The number of carbonyl (C=O) groups excluding carboxylic acids is 1. The zero-order valence-corrected chi connectivity index (χ0v) is 28.3. The standard InChI is InChI=1S/C30H19ClF4I2N2O4S/c1-2-42-28(41)23-24(16-7-9-18(31)10-8-16)39-27(40)22(44-29(39)38-26(23)30(33,34)35)13-15-11-20(36)25(21(37)12-15)43-14-17-5-3-4-6-19(17)32/h3-13,24H,2,14H2,1H3/b22-13-/t24-/m0/s1. The van der Waals surface area contributed by atoms with E-state index in [2.05, 4.69) is 50.2 Å². The molecule has 2 heterocycles. The Kier molecular flexibility index (Phi) is 9.87. The maximum absolute atomic E-state index is 14.3. The van der Waals surface area contributed by atoms with Crippen molar-refractivity contribution < 1.29 is 31.8 Å². The van der Waals surface area contributed by atoms with Crippen LogP contribution >= 0.6 is 68.1 Å². The van der Waals surface area contributed by atoms with Crippen molar-refractivity contribution in [1.82, 2.24) is 4.57 Å². The molecule has 3 aromatic carbocycles. The van der Waals surface area contributed by atoms with Gasteiger partial charge in [0.15, 0.2) is 10.5 Å². The number of fused-ring (bicyclic) bond motifs is 1. The van der Waals surface area contributed by atoms with Crippen molar-refractivity contribution in [2.45, 2.75) is 25.7 Å². The molecule has 0 unspecified atom stereocenters. The Bertz CT molecular complexity index is 1950. The molecule has 0 saturated heterocycles. The summed E-state index contributed by atoms with van der Waals surface area (Å²) < 4.78 is 70.4. The number of alkyl halides is 3. The van der Waals surface area contributed by atoms with Gasteiger partial charge < -0.3 is 9.47 Å². The van der Waals surface area contributed by atoms with Crippen LogP contribution in [0.3, 0.4) is 0 Å². The maximum atomic E-state index is 14.3. The average molecular weight is 869 g/mol. The van der Waals surface area contributed by atoms with Gasteiger partial charge in [-0.05, 0) is 99.6 Å². The van der Waals surface area contributed by atoms with Gasteiger partial charge in [-0.3, -0.25) is 9.36 Å². The number of benzene rings is 3. The molecule has 1 aliphatic heterocycles. The first kappa shape index (κ1) is 32.6. The molecule has 0 radical (unpaired) electrons. The van der Waals surface area contributed by atoms with E-state index >= 15 is 0 Å². The number of thiazole rings is 1. The molecule has 0 saturated carbocycles. The van der Waals surface area contributed by atoms with Gasteiger partial charge in [0.1, 0.15) is 18.2 Å². The van der Waals surface area contributed by atoms with Crippen LogP contribution in [0.25, 0.3) is 6.08 Å². The maximum Gasteiger partial charge on any atom is 0.434 e. The zero-order chi connectivity index (χ0) is 31.8. The second-order valence-corrected chi connectivity index (χ2v) is 13.1. The van der Waals surface area contributed by atoms with Crippen LogP contribution in [0.1, 0.15) is 29.7 Å². The van der Waals surface area contributed by atoms with E-state index in [1.165, 1.54) is 43.3 Å². The van der Waals surface area contributed by atoms with Crippen LogP contribution in [0.5, 0.6) is 5.75 Å². The topological polar surface area (TPSA) is 69.9 Å². The summed E-state index contributed by atoms with van der Waals surface area (Å²) in [4.78, 5) is 30.3. The summed E-state index contributed by atoms with van der Waals surface area (Å²) >= 11 is 10.9. The molecule has 1 aliphatic rings. The second kappa shape index (κ2) is 13.3. The van der Waals surface area contributed by atoms with E-state index in [0.717, 1.165) is 15.9 Å². The van der Waals surface area contributed by atoms with Crippen molar-refractivity contribution in [3.05, 3.63) is 126 Å². The Morgan fingerprint density at radius 2 is 1.77 bits per heavy atom. The second-order valence-electron chi connectivity index (χ2n) is 9.31. The fourth-order valence-corrected chi connectivity index (χ4v) is 7.77. The fraction of sp³-hybridized carbons (Fsp3) is 0.167. The van der Waals surface area contributed by atoms with E-state index in [1.54, 1.807) is 30.3 Å². The summed E-state index contributed by atoms with van der Waals surface area (Å²) in [7, 11) is 0. The first-order valence-electron chi connectivity index (χ1n) is 12.8. The summed E-state index contributed by atoms with van der Waals surface area (Å²) in [6.07, 6.45) is -3.47. The normalized spacial score (nSPS) is 15.2. The number of rotatable bonds is 7. The number of esters is 1. The number of nitrogens with zero attached hydrogens (tertiary/aromatic N) is 2. The van der Waals surface area contributed by atoms with Crippen molar-refractivity contribution in [3.63, 3.8) is 0 Å². The number of ether oxygens (including phenoxy) is 2. The van der Waals surface area contributed by atoms with Gasteiger partial charge in [0.05, 0.1) is 29.9 Å². The minimum Gasteiger partial charge on any atom is -0.487 e. The highest BCUT2D eigenvalue weighted by Gasteiger charge is 2.45. The molecule has 4 aromatic rings. The lowest BCUT2D eigenvalue weighted by molar-refractivity contribution is -0.140. The molecule has 0 spiro atoms. The molecule has 1 atom stereocenters. The van der Waals surface area contributed by atoms with Gasteiger partial charge in [0.25, 0.3) is 5.56 Å². The number of hydrogen-bond donors (Lipinski definition) is 0. The highest BCUT2D eigenvalue weighted by atomic mass is 127. The lowest BCUT2D eigenvalue weighted by Gasteiger charge is -2.26. The van der Waals surface area contributed by atoms with Crippen molar-refractivity contribution in [3.8, 4) is 5.75 Å². The number of carbonyl (C=O) groups is 1. The van der Waals surface area contributed by atoms with Crippen LogP contribution in [0.4, 0.5) is 17.6 Å². The Balaban J connectivity index is 1.63. The van der Waals surface area contributed by atoms with Crippen LogP contribution in [0.2, 0.25) is 5.02 Å². The van der Waals surface area contributed by atoms with E-state index in [4.69, 9.17) is 21.1 Å². The quantitative estimate of drug-likeness (QED) is 0.115. The molecule has 0 N–H and O–H groups in total. The van der Waals surface area contributed by atoms with Crippen LogP contribution in [-0.4, -0.2) is 23.3 Å². The predicted octanol–water partition coefficient (Wildman–Crippen LogP) is 6.92. The van der Waals surface area contributed by atoms with Gasteiger partial charge >= 0.3 is 12.1 Å². The smallest absolute Gasteiger partial charge is 0.434 e. The van der Waals surface area contributed by atoms with Gasteiger partial charge in [0, 0.05) is 10.6 Å². The lowest BCUT2D eigenvalue weighted by Crippen LogP contribution is -2.41. The van der Waals surface area contributed by atoms with Gasteiger partial charge in [0.2, 0.25) is 0 Å². The van der Waals surface area contributed by atoms with Gasteiger partial charge in [-0.25, -0.2) is 14.2 Å². The van der Waals surface area contributed by atoms with Crippen LogP contribution < -0.4 is 19.6 Å². The van der Waals surface area contributed by atoms with Gasteiger partial charge in [-0.2, -0.15) is 13.2 Å². The van der Waals surface area contributed by atoms with E-state index in [0.29, 0.717) is 29.0 Å². The third-order valence-electron chi connectivity index (χ3n) is 6.43. The van der Waals surface area contributed by atoms with Gasteiger partial charge in [-0.15, -0.1) is 0 Å². The third-order valence-corrected chi connectivity index (χ3v) is 9.27. The molecule has 0 aliphatic carbocycles. The van der Waals surface area contributed by atoms with Crippen molar-refractivity contribution in [2.24, 2.45) is 4.99 Å². The summed E-state index contributed by atoms with van der Waals surface area (Å²) in [6, 6.07) is 14.1. The number of halogens is 7. The monoisotopic (exact) mass is 868 g/mol. The Hall–Kier alpha value is -2.76. The van der Waals surface area contributed by atoms with Crippen LogP contribution in [0, 0.1) is 13.0 Å². The fourth-order valence-electron chi connectivity index (χ4n) is 4.52. The number of aromatic nitrogens is 1. The molecule has 1 aromatic heterocycles. The summed E-state index contributed by atoms with van der Waals surface area (Å²) in [6.45, 7) is 1.30. The molecular formula is C30H19ClF4I2N2O4S. The minimum absolute atomic E-state index is 0.00561. The predicted molar refractivity (Wildman–Crippen MR) is 175 cm³/mol. The molecule has 0 fully saturated rings. The third kappa shape index (κ3) is 6.74. The Labute approximate surface area is 284 Å². The summed E-state index contributed by atoms with van der Waals surface area (Å²) in [5.41, 5.74) is -1.67. The van der Waals surface area contributed by atoms with Crippen molar-refractivity contribution >= 4 is 80.2 Å². The molecule has 6 nitrogen and oxygen atoms in total. The van der Waals surface area contributed by atoms with Crippen molar-refractivity contribution in [2.75, 3.05) is 6.61 Å². The molecule has 5 rings (SSSR count). The van der Waals surface area contributed by atoms with E-state index in [1.807, 2.05) is 0 Å².